The van der Waals surface area contributed by atoms with Crippen LogP contribution in [0.4, 0.5) is 4.79 Å². The van der Waals surface area contributed by atoms with Crippen molar-refractivity contribution in [3.8, 4) is 5.75 Å². The Hall–Kier alpha value is -1.97. The molecule has 0 atom stereocenters. The number of benzene rings is 1. The number of methoxy groups -OCH3 is 1. The van der Waals surface area contributed by atoms with Crippen molar-refractivity contribution in [2.75, 3.05) is 20.7 Å². The second-order valence-electron chi connectivity index (χ2n) is 5.80. The van der Waals surface area contributed by atoms with Gasteiger partial charge >= 0.3 is 6.03 Å². The van der Waals surface area contributed by atoms with Crippen molar-refractivity contribution in [3.63, 3.8) is 0 Å². The van der Waals surface area contributed by atoms with Crippen LogP contribution in [-0.2, 0) is 6.54 Å². The van der Waals surface area contributed by atoms with Crippen molar-refractivity contribution in [1.82, 2.24) is 10.2 Å². The summed E-state index contributed by atoms with van der Waals surface area (Å²) in [6, 6.07) is 7.77. The van der Waals surface area contributed by atoms with E-state index in [0.29, 0.717) is 13.1 Å². The first kappa shape index (κ1) is 16.4. The molecule has 0 aliphatic heterocycles. The lowest BCUT2D eigenvalue weighted by atomic mass is 9.97. The predicted octanol–water partition coefficient (Wildman–Crippen LogP) is 3.73. The summed E-state index contributed by atoms with van der Waals surface area (Å²) in [6.07, 6.45) is 8.28. The Morgan fingerprint density at radius 3 is 2.95 bits per heavy atom. The second-order valence-corrected chi connectivity index (χ2v) is 5.80. The molecule has 0 radical (unpaired) electrons. The van der Waals surface area contributed by atoms with Crippen LogP contribution in [0.1, 0.15) is 37.7 Å². The Labute approximate surface area is 133 Å². The monoisotopic (exact) mass is 302 g/mol. The molecule has 0 bridgehead atoms. The molecule has 2 rings (SSSR count). The Morgan fingerprint density at radius 2 is 2.23 bits per heavy atom. The van der Waals surface area contributed by atoms with Crippen LogP contribution in [0.25, 0.3) is 0 Å². The lowest BCUT2D eigenvalue weighted by Crippen LogP contribution is -2.37. The van der Waals surface area contributed by atoms with E-state index in [9.17, 15) is 4.79 Å². The van der Waals surface area contributed by atoms with Gasteiger partial charge < -0.3 is 15.0 Å². The molecule has 0 saturated carbocycles. The molecule has 2 amide bonds. The average molecular weight is 302 g/mol. The van der Waals surface area contributed by atoms with Gasteiger partial charge in [0.15, 0.2) is 0 Å². The number of amides is 2. The van der Waals surface area contributed by atoms with Gasteiger partial charge in [-0.15, -0.1) is 0 Å². The van der Waals surface area contributed by atoms with E-state index in [1.165, 1.54) is 31.3 Å². The maximum Gasteiger partial charge on any atom is 0.317 e. The second kappa shape index (κ2) is 8.47. The number of carbonyl (C=O) groups is 1. The molecule has 0 spiro atoms. The van der Waals surface area contributed by atoms with E-state index in [0.717, 1.165) is 17.7 Å². The molecule has 1 aromatic rings. The third-order valence-corrected chi connectivity index (χ3v) is 4.01. The normalized spacial score (nSPS) is 14.2. The Balaban J connectivity index is 1.75. The first-order chi connectivity index (χ1) is 10.7. The van der Waals surface area contributed by atoms with Gasteiger partial charge in [0, 0.05) is 20.1 Å². The molecule has 4 heteroatoms. The summed E-state index contributed by atoms with van der Waals surface area (Å²) in [5.74, 6) is 0.815. The van der Waals surface area contributed by atoms with Crippen LogP contribution in [0.15, 0.2) is 35.9 Å². The maximum atomic E-state index is 12.1. The van der Waals surface area contributed by atoms with Crippen LogP contribution in [0.5, 0.6) is 5.75 Å². The maximum absolute atomic E-state index is 12.1. The number of hydrogen-bond acceptors (Lipinski definition) is 2. The quantitative estimate of drug-likeness (QED) is 0.814. The van der Waals surface area contributed by atoms with E-state index in [4.69, 9.17) is 4.74 Å². The largest absolute Gasteiger partial charge is 0.497 e. The van der Waals surface area contributed by atoms with Crippen LogP contribution in [0, 0.1) is 0 Å². The van der Waals surface area contributed by atoms with E-state index >= 15 is 0 Å². The topological polar surface area (TPSA) is 41.6 Å². The van der Waals surface area contributed by atoms with E-state index in [2.05, 4.69) is 11.4 Å². The van der Waals surface area contributed by atoms with Gasteiger partial charge in [-0.05, 0) is 49.8 Å². The van der Waals surface area contributed by atoms with Gasteiger partial charge in [0.05, 0.1) is 7.11 Å². The van der Waals surface area contributed by atoms with Crippen LogP contribution < -0.4 is 10.1 Å². The molecule has 0 saturated heterocycles. The van der Waals surface area contributed by atoms with Crippen molar-refractivity contribution >= 4 is 6.03 Å². The van der Waals surface area contributed by atoms with E-state index in [1.807, 2.05) is 31.3 Å². The molecule has 1 aliphatic carbocycles. The Morgan fingerprint density at radius 1 is 1.36 bits per heavy atom. The summed E-state index contributed by atoms with van der Waals surface area (Å²) in [4.78, 5) is 13.8. The molecule has 0 aromatic heterocycles. The third-order valence-electron chi connectivity index (χ3n) is 4.01. The summed E-state index contributed by atoms with van der Waals surface area (Å²) < 4.78 is 5.20. The molecule has 1 aliphatic rings. The first-order valence-electron chi connectivity index (χ1n) is 7.99. The Kier molecular flexibility index (Phi) is 6.31. The highest BCUT2D eigenvalue weighted by atomic mass is 16.5. The minimum absolute atomic E-state index is 0.0285. The zero-order valence-electron chi connectivity index (χ0n) is 13.6. The number of allylic oxidation sites excluding steroid dienone is 1. The van der Waals surface area contributed by atoms with Crippen LogP contribution in [0.3, 0.4) is 0 Å². The predicted molar refractivity (Wildman–Crippen MR) is 89.0 cm³/mol. The molecule has 4 nitrogen and oxygen atoms in total. The number of rotatable bonds is 6. The number of ether oxygens (including phenoxy) is 1. The molecular formula is C18H26N2O2. The molecule has 0 fully saturated rings. The van der Waals surface area contributed by atoms with Crippen molar-refractivity contribution in [1.29, 1.82) is 0 Å². The lowest BCUT2D eigenvalue weighted by Gasteiger charge is -2.19. The fraction of sp³-hybridized carbons (Fsp3) is 0.500. The average Bonchev–Trinajstić information content (AvgIpc) is 2.56. The van der Waals surface area contributed by atoms with Crippen LogP contribution >= 0.6 is 0 Å². The smallest absolute Gasteiger partial charge is 0.317 e. The van der Waals surface area contributed by atoms with Gasteiger partial charge in [-0.1, -0.05) is 23.8 Å². The molecule has 0 heterocycles. The zero-order chi connectivity index (χ0) is 15.8. The fourth-order valence-corrected chi connectivity index (χ4v) is 2.71. The van der Waals surface area contributed by atoms with Crippen LogP contribution in [0.2, 0.25) is 0 Å². The highest BCUT2D eigenvalue weighted by Crippen LogP contribution is 2.19. The molecule has 22 heavy (non-hydrogen) atoms. The van der Waals surface area contributed by atoms with E-state index in [1.54, 1.807) is 12.0 Å². The Bertz CT molecular complexity index is 526. The first-order valence-corrected chi connectivity index (χ1v) is 7.99. The van der Waals surface area contributed by atoms with E-state index < -0.39 is 0 Å². The van der Waals surface area contributed by atoms with Crippen molar-refractivity contribution in [3.05, 3.63) is 41.5 Å². The molecule has 0 unspecified atom stereocenters. The van der Waals surface area contributed by atoms with Crippen LogP contribution in [-0.4, -0.2) is 31.6 Å². The number of urea groups is 1. The van der Waals surface area contributed by atoms with Gasteiger partial charge in [-0.25, -0.2) is 4.79 Å². The van der Waals surface area contributed by atoms with Crippen molar-refractivity contribution < 1.29 is 9.53 Å². The standard InChI is InChI=1S/C18H26N2O2/c1-20(14-16-9-6-10-17(13-16)22-2)18(21)19-12-11-15-7-4-3-5-8-15/h6-7,9-10,13H,3-5,8,11-12,14H2,1-2H3,(H,19,21). The summed E-state index contributed by atoms with van der Waals surface area (Å²) in [6.45, 7) is 1.29. The summed E-state index contributed by atoms with van der Waals surface area (Å²) in [7, 11) is 3.46. The third kappa shape index (κ3) is 5.10. The number of nitrogens with one attached hydrogen (secondary N) is 1. The summed E-state index contributed by atoms with van der Waals surface area (Å²) >= 11 is 0. The van der Waals surface area contributed by atoms with E-state index in [-0.39, 0.29) is 6.03 Å². The minimum atomic E-state index is -0.0285. The number of hydrogen-bond donors (Lipinski definition) is 1. The lowest BCUT2D eigenvalue weighted by molar-refractivity contribution is 0.207. The highest BCUT2D eigenvalue weighted by molar-refractivity contribution is 5.73. The molecule has 1 aromatic carbocycles. The van der Waals surface area contributed by atoms with Gasteiger partial charge in [-0.3, -0.25) is 0 Å². The minimum Gasteiger partial charge on any atom is -0.497 e. The summed E-state index contributed by atoms with van der Waals surface area (Å²) in [5, 5.41) is 2.99. The summed E-state index contributed by atoms with van der Waals surface area (Å²) in [5.41, 5.74) is 2.55. The SMILES string of the molecule is COc1cccc(CN(C)C(=O)NCCC2=CCCCC2)c1. The fourth-order valence-electron chi connectivity index (χ4n) is 2.71. The van der Waals surface area contributed by atoms with Gasteiger partial charge in [0.1, 0.15) is 5.75 Å². The van der Waals surface area contributed by atoms with Gasteiger partial charge in [0.25, 0.3) is 0 Å². The van der Waals surface area contributed by atoms with Crippen molar-refractivity contribution in [2.45, 2.75) is 38.6 Å². The van der Waals surface area contributed by atoms with Crippen molar-refractivity contribution in [2.24, 2.45) is 0 Å². The van der Waals surface area contributed by atoms with Gasteiger partial charge in [0.2, 0.25) is 0 Å². The molecular weight excluding hydrogens is 276 g/mol. The van der Waals surface area contributed by atoms with Gasteiger partial charge in [-0.2, -0.15) is 0 Å². The number of nitrogens with zero attached hydrogens (tertiary/aromatic N) is 1. The zero-order valence-corrected chi connectivity index (χ0v) is 13.6. The number of carbonyl (C=O) groups excluding carboxylic acids is 1. The molecule has 120 valence electrons. The molecule has 1 N–H and O–H groups in total. The highest BCUT2D eigenvalue weighted by Gasteiger charge is 2.10.